The van der Waals surface area contributed by atoms with Crippen molar-refractivity contribution >= 4 is 16.6 Å². The van der Waals surface area contributed by atoms with E-state index in [0.717, 1.165) is 5.65 Å². The number of aromatic amines is 1. The second-order valence-corrected chi connectivity index (χ2v) is 9.31. The van der Waals surface area contributed by atoms with Crippen molar-refractivity contribution in [1.29, 1.82) is 0 Å². The zero-order valence-corrected chi connectivity index (χ0v) is 18.7. The molecule has 3 aromatic heterocycles. The molecule has 1 saturated heterocycles. The lowest BCUT2D eigenvalue weighted by atomic mass is 9.87. The first-order chi connectivity index (χ1) is 14.4. The van der Waals surface area contributed by atoms with Gasteiger partial charge in [-0.3, -0.25) is 4.40 Å². The summed E-state index contributed by atoms with van der Waals surface area (Å²) in [6.07, 6.45) is 6.46. The van der Waals surface area contributed by atoms with Crippen molar-refractivity contribution in [1.82, 2.24) is 24.5 Å². The van der Waals surface area contributed by atoms with Crippen LogP contribution in [-0.4, -0.2) is 44.6 Å². The zero-order valence-electron chi connectivity index (χ0n) is 18.7. The number of hydrogen-bond donors (Lipinski definition) is 1. The van der Waals surface area contributed by atoms with Gasteiger partial charge in [0.1, 0.15) is 6.33 Å². The molecule has 0 spiro atoms. The van der Waals surface area contributed by atoms with Crippen LogP contribution in [0.4, 0.5) is 0 Å². The first-order valence-corrected chi connectivity index (χ1v) is 11.1. The number of hydrogen-bond acceptors (Lipinski definition) is 3. The SMILES string of the molecule is Cc1c(-c2[nH]c3ccc(C4CCN(C)CC4)cc3c2C(C)C)cn2cnnc2c1C. The third kappa shape index (κ3) is 3.03. The predicted molar refractivity (Wildman–Crippen MR) is 123 cm³/mol. The fourth-order valence-electron chi connectivity index (χ4n) is 5.10. The molecule has 0 atom stereocenters. The normalized spacial score (nSPS) is 16.3. The number of aryl methyl sites for hydroxylation is 1. The fraction of sp³-hybridized carbons (Fsp3) is 0.440. The smallest absolute Gasteiger partial charge is 0.163 e. The van der Waals surface area contributed by atoms with E-state index in [2.05, 4.69) is 79.2 Å². The van der Waals surface area contributed by atoms with Crippen LogP contribution in [-0.2, 0) is 0 Å². The van der Waals surface area contributed by atoms with Crippen molar-refractivity contribution in [2.45, 2.75) is 52.4 Å². The molecule has 0 unspecified atom stereocenters. The van der Waals surface area contributed by atoms with E-state index < -0.39 is 0 Å². The molecule has 1 aliphatic rings. The maximum absolute atomic E-state index is 4.28. The maximum Gasteiger partial charge on any atom is 0.163 e. The summed E-state index contributed by atoms with van der Waals surface area (Å²) in [5.74, 6) is 1.10. The van der Waals surface area contributed by atoms with Gasteiger partial charge in [0.05, 0.1) is 5.69 Å². The highest BCUT2D eigenvalue weighted by Crippen LogP contribution is 2.39. The molecule has 1 aromatic carbocycles. The largest absolute Gasteiger partial charge is 0.354 e. The highest BCUT2D eigenvalue weighted by atomic mass is 15.2. The Bertz CT molecular complexity index is 1220. The summed E-state index contributed by atoms with van der Waals surface area (Å²) in [6, 6.07) is 7.09. The van der Waals surface area contributed by atoms with Gasteiger partial charge in [0.25, 0.3) is 0 Å². The number of fused-ring (bicyclic) bond motifs is 2. The Balaban J connectivity index is 1.68. The minimum Gasteiger partial charge on any atom is -0.354 e. The Morgan fingerprint density at radius 1 is 1.10 bits per heavy atom. The molecule has 5 heteroatoms. The summed E-state index contributed by atoms with van der Waals surface area (Å²) in [6.45, 7) is 11.3. The lowest BCUT2D eigenvalue weighted by molar-refractivity contribution is 0.255. The summed E-state index contributed by atoms with van der Waals surface area (Å²) < 4.78 is 2.04. The number of piperidine rings is 1. The Kier molecular flexibility index (Phi) is 4.66. The average Bonchev–Trinajstić information content (AvgIpc) is 3.35. The number of aromatic nitrogens is 4. The van der Waals surface area contributed by atoms with Crippen LogP contribution in [0.5, 0.6) is 0 Å². The molecule has 4 heterocycles. The van der Waals surface area contributed by atoms with Crippen LogP contribution >= 0.6 is 0 Å². The van der Waals surface area contributed by atoms with Crippen molar-refractivity contribution in [3.05, 3.63) is 53.0 Å². The summed E-state index contributed by atoms with van der Waals surface area (Å²) in [7, 11) is 2.23. The van der Waals surface area contributed by atoms with Gasteiger partial charge in [-0.2, -0.15) is 0 Å². The van der Waals surface area contributed by atoms with Crippen molar-refractivity contribution in [2.75, 3.05) is 20.1 Å². The molecule has 5 rings (SSSR count). The molecule has 0 saturated carbocycles. The van der Waals surface area contributed by atoms with Crippen molar-refractivity contribution in [3.8, 4) is 11.3 Å². The van der Waals surface area contributed by atoms with E-state index in [0.29, 0.717) is 11.8 Å². The third-order valence-electron chi connectivity index (χ3n) is 7.04. The number of H-pyrrole nitrogens is 1. The quantitative estimate of drug-likeness (QED) is 0.498. The average molecular weight is 402 g/mol. The minimum absolute atomic E-state index is 0.429. The van der Waals surface area contributed by atoms with Crippen LogP contribution in [0.15, 0.2) is 30.7 Å². The van der Waals surface area contributed by atoms with E-state index >= 15 is 0 Å². The second kappa shape index (κ2) is 7.24. The fourth-order valence-corrected chi connectivity index (χ4v) is 5.10. The van der Waals surface area contributed by atoms with E-state index in [9.17, 15) is 0 Å². The molecule has 1 aliphatic heterocycles. The van der Waals surface area contributed by atoms with Crippen LogP contribution < -0.4 is 0 Å². The summed E-state index contributed by atoms with van der Waals surface area (Å²) >= 11 is 0. The third-order valence-corrected chi connectivity index (χ3v) is 7.04. The molecule has 5 nitrogen and oxygen atoms in total. The van der Waals surface area contributed by atoms with E-state index in [1.807, 2.05) is 4.40 Å². The van der Waals surface area contributed by atoms with Gasteiger partial charge in [-0.1, -0.05) is 19.9 Å². The van der Waals surface area contributed by atoms with E-state index in [-0.39, 0.29) is 0 Å². The monoisotopic (exact) mass is 401 g/mol. The molecule has 1 N–H and O–H groups in total. The molecule has 1 fully saturated rings. The lowest BCUT2D eigenvalue weighted by Gasteiger charge is -2.29. The van der Waals surface area contributed by atoms with Gasteiger partial charge in [0.15, 0.2) is 5.65 Å². The Labute approximate surface area is 178 Å². The summed E-state index contributed by atoms with van der Waals surface area (Å²) in [5, 5.41) is 9.76. The van der Waals surface area contributed by atoms with E-state index in [1.165, 1.54) is 70.3 Å². The Morgan fingerprint density at radius 3 is 2.60 bits per heavy atom. The van der Waals surface area contributed by atoms with Gasteiger partial charge in [0, 0.05) is 22.7 Å². The van der Waals surface area contributed by atoms with E-state index in [1.54, 1.807) is 6.33 Å². The Morgan fingerprint density at radius 2 is 1.87 bits per heavy atom. The van der Waals surface area contributed by atoms with Crippen LogP contribution in [0.1, 0.15) is 60.8 Å². The zero-order chi connectivity index (χ0) is 21.0. The van der Waals surface area contributed by atoms with Crippen LogP contribution in [0.2, 0.25) is 0 Å². The molecule has 30 heavy (non-hydrogen) atoms. The minimum atomic E-state index is 0.429. The van der Waals surface area contributed by atoms with Gasteiger partial charge in [-0.05, 0) is 93.0 Å². The van der Waals surface area contributed by atoms with Gasteiger partial charge in [-0.15, -0.1) is 10.2 Å². The molecular formula is C25H31N5. The highest BCUT2D eigenvalue weighted by Gasteiger charge is 2.22. The van der Waals surface area contributed by atoms with Gasteiger partial charge in [-0.25, -0.2) is 0 Å². The Hall–Kier alpha value is -2.66. The van der Waals surface area contributed by atoms with Crippen LogP contribution in [0.3, 0.4) is 0 Å². The summed E-state index contributed by atoms with van der Waals surface area (Å²) in [4.78, 5) is 6.20. The number of pyridine rings is 1. The number of nitrogens with zero attached hydrogens (tertiary/aromatic N) is 4. The number of benzene rings is 1. The standard InChI is InChI=1S/C25H31N5/c1-15(2)23-20-12-19(18-8-10-29(5)11-9-18)6-7-22(20)27-24(23)21-13-30-14-26-28-25(30)17(4)16(21)3/h6-7,12-15,18,27H,8-11H2,1-5H3. The van der Waals surface area contributed by atoms with Crippen LogP contribution in [0, 0.1) is 13.8 Å². The van der Waals surface area contributed by atoms with Crippen LogP contribution in [0.25, 0.3) is 27.8 Å². The second-order valence-electron chi connectivity index (χ2n) is 9.31. The molecule has 0 radical (unpaired) electrons. The number of likely N-dealkylation sites (tertiary alicyclic amines) is 1. The maximum atomic E-state index is 4.28. The van der Waals surface area contributed by atoms with Crippen molar-refractivity contribution in [3.63, 3.8) is 0 Å². The molecule has 4 aromatic rings. The van der Waals surface area contributed by atoms with Crippen molar-refractivity contribution in [2.24, 2.45) is 0 Å². The predicted octanol–water partition coefficient (Wildman–Crippen LogP) is 5.43. The van der Waals surface area contributed by atoms with E-state index in [4.69, 9.17) is 0 Å². The molecular weight excluding hydrogens is 370 g/mol. The molecule has 0 bridgehead atoms. The number of rotatable bonds is 3. The molecule has 0 aliphatic carbocycles. The van der Waals surface area contributed by atoms with Gasteiger partial charge >= 0.3 is 0 Å². The van der Waals surface area contributed by atoms with Gasteiger partial charge < -0.3 is 9.88 Å². The van der Waals surface area contributed by atoms with Crippen molar-refractivity contribution < 1.29 is 0 Å². The molecule has 0 amide bonds. The van der Waals surface area contributed by atoms with Gasteiger partial charge in [0.2, 0.25) is 0 Å². The first kappa shape index (κ1) is 19.3. The topological polar surface area (TPSA) is 49.2 Å². The number of nitrogens with one attached hydrogen (secondary N) is 1. The highest BCUT2D eigenvalue weighted by molar-refractivity contribution is 5.92. The molecule has 156 valence electrons. The lowest BCUT2D eigenvalue weighted by Crippen LogP contribution is -2.29. The summed E-state index contributed by atoms with van der Waals surface area (Å²) in [5.41, 5.74) is 9.98. The first-order valence-electron chi connectivity index (χ1n) is 11.1.